The lowest BCUT2D eigenvalue weighted by atomic mass is 9.78. The minimum Gasteiger partial charge on any atom is -0.354 e. The van der Waals surface area contributed by atoms with Crippen LogP contribution < -0.4 is 10.6 Å². The molecule has 0 spiro atoms. The highest BCUT2D eigenvalue weighted by Gasteiger charge is 2.31. The molecule has 88 valence electrons. The molecule has 1 amide bonds. The van der Waals surface area contributed by atoms with Crippen LogP contribution in [-0.2, 0) is 4.79 Å². The van der Waals surface area contributed by atoms with E-state index in [1.54, 1.807) is 7.05 Å². The molecule has 0 aliphatic heterocycles. The number of hydrogen-bond acceptors (Lipinski definition) is 2. The highest BCUT2D eigenvalue weighted by atomic mass is 16.1. The Balaban J connectivity index is 2.31. The summed E-state index contributed by atoms with van der Waals surface area (Å²) in [5.74, 6) is 0.885. The Morgan fingerprint density at radius 2 is 1.93 bits per heavy atom. The first-order valence-corrected chi connectivity index (χ1v) is 5.97. The topological polar surface area (TPSA) is 41.1 Å². The van der Waals surface area contributed by atoms with Crippen LogP contribution >= 0.6 is 0 Å². The zero-order valence-corrected chi connectivity index (χ0v) is 10.2. The quantitative estimate of drug-likeness (QED) is 0.726. The lowest BCUT2D eigenvalue weighted by Gasteiger charge is -2.31. The highest BCUT2D eigenvalue weighted by molar-refractivity contribution is 5.77. The molecule has 1 fully saturated rings. The summed E-state index contributed by atoms with van der Waals surface area (Å²) in [6.45, 7) is 5.75. The van der Waals surface area contributed by atoms with Crippen molar-refractivity contribution in [1.29, 1.82) is 0 Å². The SMILES string of the molecule is CNCC(=O)NCC(C)(C)C1CCCC1. The van der Waals surface area contributed by atoms with Gasteiger partial charge in [-0.15, -0.1) is 0 Å². The van der Waals surface area contributed by atoms with Crippen LogP contribution in [0.25, 0.3) is 0 Å². The van der Waals surface area contributed by atoms with Crippen molar-refractivity contribution in [2.45, 2.75) is 39.5 Å². The lowest BCUT2D eigenvalue weighted by molar-refractivity contribution is -0.120. The number of hydrogen-bond donors (Lipinski definition) is 2. The van der Waals surface area contributed by atoms with Gasteiger partial charge in [-0.05, 0) is 31.2 Å². The van der Waals surface area contributed by atoms with Crippen LogP contribution in [0.4, 0.5) is 0 Å². The monoisotopic (exact) mass is 212 g/mol. The van der Waals surface area contributed by atoms with Gasteiger partial charge < -0.3 is 10.6 Å². The van der Waals surface area contributed by atoms with E-state index in [1.165, 1.54) is 25.7 Å². The van der Waals surface area contributed by atoms with Crippen molar-refractivity contribution in [1.82, 2.24) is 10.6 Å². The van der Waals surface area contributed by atoms with E-state index in [0.29, 0.717) is 6.54 Å². The Kier molecular flexibility index (Phi) is 4.58. The number of carbonyl (C=O) groups is 1. The average Bonchev–Trinajstić information content (AvgIpc) is 2.69. The first kappa shape index (κ1) is 12.5. The van der Waals surface area contributed by atoms with Gasteiger partial charge in [0.15, 0.2) is 0 Å². The van der Waals surface area contributed by atoms with Crippen molar-refractivity contribution in [2.75, 3.05) is 20.1 Å². The predicted octanol–water partition coefficient (Wildman–Crippen LogP) is 1.54. The van der Waals surface area contributed by atoms with Gasteiger partial charge in [-0.25, -0.2) is 0 Å². The molecule has 3 nitrogen and oxygen atoms in total. The van der Waals surface area contributed by atoms with Crippen molar-refractivity contribution >= 4 is 5.91 Å². The van der Waals surface area contributed by atoms with Gasteiger partial charge in [0.2, 0.25) is 5.91 Å². The molecule has 1 aliphatic rings. The predicted molar refractivity (Wildman–Crippen MR) is 62.7 cm³/mol. The van der Waals surface area contributed by atoms with E-state index >= 15 is 0 Å². The van der Waals surface area contributed by atoms with Crippen LogP contribution in [0, 0.1) is 11.3 Å². The van der Waals surface area contributed by atoms with Crippen LogP contribution in [0.2, 0.25) is 0 Å². The molecule has 0 radical (unpaired) electrons. The molecular formula is C12H24N2O. The van der Waals surface area contributed by atoms with E-state index < -0.39 is 0 Å². The summed E-state index contributed by atoms with van der Waals surface area (Å²) in [4.78, 5) is 11.3. The third kappa shape index (κ3) is 3.82. The van der Waals surface area contributed by atoms with Gasteiger partial charge in [0, 0.05) is 6.54 Å². The van der Waals surface area contributed by atoms with Crippen LogP contribution in [-0.4, -0.2) is 26.0 Å². The molecule has 1 aliphatic carbocycles. The second-order valence-corrected chi connectivity index (χ2v) is 5.28. The molecule has 1 saturated carbocycles. The molecule has 0 aromatic rings. The van der Waals surface area contributed by atoms with Gasteiger partial charge in [-0.1, -0.05) is 26.7 Å². The van der Waals surface area contributed by atoms with Crippen LogP contribution in [0.5, 0.6) is 0 Å². The van der Waals surface area contributed by atoms with Crippen molar-refractivity contribution in [3.05, 3.63) is 0 Å². The van der Waals surface area contributed by atoms with Crippen molar-refractivity contribution in [3.8, 4) is 0 Å². The molecule has 0 unspecified atom stereocenters. The normalized spacial score (nSPS) is 18.1. The maximum atomic E-state index is 11.3. The van der Waals surface area contributed by atoms with E-state index in [9.17, 15) is 4.79 Å². The number of likely N-dealkylation sites (N-methyl/N-ethyl adjacent to an activating group) is 1. The van der Waals surface area contributed by atoms with Crippen LogP contribution in [0.15, 0.2) is 0 Å². The molecule has 0 saturated heterocycles. The second kappa shape index (κ2) is 5.50. The zero-order valence-electron chi connectivity index (χ0n) is 10.2. The summed E-state index contributed by atoms with van der Waals surface area (Å²) in [6, 6.07) is 0. The molecule has 3 heteroatoms. The first-order chi connectivity index (χ1) is 7.06. The van der Waals surface area contributed by atoms with E-state index in [0.717, 1.165) is 12.5 Å². The molecule has 1 rings (SSSR count). The Morgan fingerprint density at radius 1 is 1.33 bits per heavy atom. The van der Waals surface area contributed by atoms with Crippen molar-refractivity contribution in [2.24, 2.45) is 11.3 Å². The Morgan fingerprint density at radius 3 is 2.47 bits per heavy atom. The van der Waals surface area contributed by atoms with Gasteiger partial charge in [0.05, 0.1) is 6.54 Å². The smallest absolute Gasteiger partial charge is 0.233 e. The second-order valence-electron chi connectivity index (χ2n) is 5.28. The Bertz CT molecular complexity index is 208. The van der Waals surface area contributed by atoms with Gasteiger partial charge >= 0.3 is 0 Å². The summed E-state index contributed by atoms with van der Waals surface area (Å²) < 4.78 is 0. The third-order valence-corrected chi connectivity index (χ3v) is 3.54. The number of nitrogens with one attached hydrogen (secondary N) is 2. The van der Waals surface area contributed by atoms with E-state index in [2.05, 4.69) is 24.5 Å². The summed E-state index contributed by atoms with van der Waals surface area (Å²) in [7, 11) is 1.79. The number of amides is 1. The fourth-order valence-electron chi connectivity index (χ4n) is 2.40. The largest absolute Gasteiger partial charge is 0.354 e. The van der Waals surface area contributed by atoms with Crippen molar-refractivity contribution < 1.29 is 4.79 Å². The molecule has 15 heavy (non-hydrogen) atoms. The summed E-state index contributed by atoms with van der Waals surface area (Å²) in [5, 5.41) is 5.86. The standard InChI is InChI=1S/C12H24N2O/c1-12(2,10-6-4-5-7-10)9-14-11(15)8-13-3/h10,13H,4-9H2,1-3H3,(H,14,15). The molecular weight excluding hydrogens is 188 g/mol. The van der Waals surface area contributed by atoms with E-state index in [4.69, 9.17) is 0 Å². The first-order valence-electron chi connectivity index (χ1n) is 5.97. The average molecular weight is 212 g/mol. The molecule has 0 bridgehead atoms. The molecule has 0 atom stereocenters. The number of carbonyl (C=O) groups excluding carboxylic acids is 1. The minimum absolute atomic E-state index is 0.101. The van der Waals surface area contributed by atoms with Crippen LogP contribution in [0.3, 0.4) is 0 Å². The zero-order chi connectivity index (χ0) is 11.3. The van der Waals surface area contributed by atoms with E-state index in [-0.39, 0.29) is 11.3 Å². The highest BCUT2D eigenvalue weighted by Crippen LogP contribution is 2.38. The van der Waals surface area contributed by atoms with Gasteiger partial charge in [-0.3, -0.25) is 4.79 Å². The summed E-state index contributed by atoms with van der Waals surface area (Å²) >= 11 is 0. The molecule has 0 heterocycles. The fraction of sp³-hybridized carbons (Fsp3) is 0.917. The van der Waals surface area contributed by atoms with Gasteiger partial charge in [-0.2, -0.15) is 0 Å². The summed E-state index contributed by atoms with van der Waals surface area (Å²) in [5.41, 5.74) is 0.250. The fourth-order valence-corrected chi connectivity index (χ4v) is 2.40. The Hall–Kier alpha value is -0.570. The maximum absolute atomic E-state index is 11.3. The lowest BCUT2D eigenvalue weighted by Crippen LogP contribution is -2.40. The molecule has 0 aromatic carbocycles. The van der Waals surface area contributed by atoms with Crippen molar-refractivity contribution in [3.63, 3.8) is 0 Å². The minimum atomic E-state index is 0.101. The maximum Gasteiger partial charge on any atom is 0.233 e. The van der Waals surface area contributed by atoms with Crippen LogP contribution in [0.1, 0.15) is 39.5 Å². The van der Waals surface area contributed by atoms with Gasteiger partial charge in [0.1, 0.15) is 0 Å². The molecule has 2 N–H and O–H groups in total. The Labute approximate surface area is 93.0 Å². The van der Waals surface area contributed by atoms with E-state index in [1.807, 2.05) is 0 Å². The molecule has 0 aromatic heterocycles. The van der Waals surface area contributed by atoms with Gasteiger partial charge in [0.25, 0.3) is 0 Å². The third-order valence-electron chi connectivity index (χ3n) is 3.54. The summed E-state index contributed by atoms with van der Waals surface area (Å²) in [6.07, 6.45) is 5.38. The number of rotatable bonds is 5.